The maximum absolute atomic E-state index is 13.3. The summed E-state index contributed by atoms with van der Waals surface area (Å²) < 4.78 is 38.6. The highest BCUT2D eigenvalue weighted by Gasteiger charge is 2.18. The molecule has 0 aromatic heterocycles. The van der Waals surface area contributed by atoms with Crippen LogP contribution < -0.4 is 4.72 Å². The van der Waals surface area contributed by atoms with Crippen LogP contribution in [0.5, 0.6) is 0 Å². The summed E-state index contributed by atoms with van der Waals surface area (Å²) in [6, 6.07) is 3.70. The Bertz CT molecular complexity index is 527. The van der Waals surface area contributed by atoms with Crippen molar-refractivity contribution in [1.82, 2.24) is 4.72 Å². The zero-order chi connectivity index (χ0) is 13.1. The molecule has 1 aromatic carbocycles. The zero-order valence-corrected chi connectivity index (χ0v) is 9.92. The lowest BCUT2D eigenvalue weighted by molar-refractivity contribution is -0.136. The van der Waals surface area contributed by atoms with Gasteiger partial charge in [0.1, 0.15) is 10.7 Å². The fourth-order valence-electron chi connectivity index (χ4n) is 1.19. The van der Waals surface area contributed by atoms with Crippen molar-refractivity contribution in [2.75, 3.05) is 6.54 Å². The molecule has 0 radical (unpaired) electrons. The molecular weight excluding hydrogens is 249 g/mol. The molecular formula is C10H12FNO4S. The van der Waals surface area contributed by atoms with Gasteiger partial charge in [0.2, 0.25) is 10.0 Å². The highest BCUT2D eigenvalue weighted by atomic mass is 32.2. The van der Waals surface area contributed by atoms with E-state index in [0.717, 1.165) is 6.07 Å². The van der Waals surface area contributed by atoms with E-state index in [4.69, 9.17) is 5.11 Å². The second-order valence-electron chi connectivity index (χ2n) is 3.48. The van der Waals surface area contributed by atoms with Gasteiger partial charge in [-0.1, -0.05) is 6.07 Å². The molecule has 7 heteroatoms. The Labute approximate surface area is 98.3 Å². The second kappa shape index (κ2) is 5.24. The lowest BCUT2D eigenvalue weighted by Crippen LogP contribution is -2.27. The van der Waals surface area contributed by atoms with Crippen LogP contribution in [0.3, 0.4) is 0 Å². The van der Waals surface area contributed by atoms with Gasteiger partial charge in [0.25, 0.3) is 0 Å². The molecule has 0 aliphatic rings. The van der Waals surface area contributed by atoms with Gasteiger partial charge in [-0.05, 0) is 24.6 Å². The van der Waals surface area contributed by atoms with Gasteiger partial charge in [0.15, 0.2) is 0 Å². The Morgan fingerprint density at radius 3 is 2.71 bits per heavy atom. The Morgan fingerprint density at radius 1 is 1.47 bits per heavy atom. The molecule has 94 valence electrons. The summed E-state index contributed by atoms with van der Waals surface area (Å²) in [5, 5.41) is 8.37. The fraction of sp³-hybridized carbons (Fsp3) is 0.300. The molecule has 1 aromatic rings. The topological polar surface area (TPSA) is 83.5 Å². The van der Waals surface area contributed by atoms with E-state index < -0.39 is 26.7 Å². The minimum Gasteiger partial charge on any atom is -0.481 e. The summed E-state index contributed by atoms with van der Waals surface area (Å²) in [4.78, 5) is 9.76. The van der Waals surface area contributed by atoms with Crippen molar-refractivity contribution < 1.29 is 22.7 Å². The maximum Gasteiger partial charge on any atom is 0.304 e. The van der Waals surface area contributed by atoms with Crippen LogP contribution in [-0.2, 0) is 14.8 Å². The van der Waals surface area contributed by atoms with Crippen LogP contribution in [0, 0.1) is 12.7 Å². The molecule has 0 aliphatic carbocycles. The number of aliphatic carboxylic acids is 1. The normalized spacial score (nSPS) is 11.4. The predicted octanol–water partition coefficient (Wildman–Crippen LogP) is 0.887. The molecule has 0 heterocycles. The number of carbonyl (C=O) groups is 1. The smallest absolute Gasteiger partial charge is 0.304 e. The number of carboxylic acid groups (broad SMARTS) is 1. The van der Waals surface area contributed by atoms with E-state index in [1.807, 2.05) is 4.72 Å². The lowest BCUT2D eigenvalue weighted by atomic mass is 10.2. The van der Waals surface area contributed by atoms with Crippen LogP contribution >= 0.6 is 0 Å². The number of sulfonamides is 1. The molecule has 0 fully saturated rings. The van der Waals surface area contributed by atoms with Crippen molar-refractivity contribution in [3.05, 3.63) is 29.6 Å². The Balaban J connectivity index is 2.89. The van der Waals surface area contributed by atoms with E-state index in [0.29, 0.717) is 5.56 Å². The fourth-order valence-corrected chi connectivity index (χ4v) is 2.38. The molecule has 1 rings (SSSR count). The minimum atomic E-state index is -4.00. The van der Waals surface area contributed by atoms with Crippen molar-refractivity contribution in [2.24, 2.45) is 0 Å². The van der Waals surface area contributed by atoms with E-state index in [2.05, 4.69) is 0 Å². The Kier molecular flexibility index (Phi) is 4.19. The number of hydrogen-bond donors (Lipinski definition) is 2. The van der Waals surface area contributed by atoms with Gasteiger partial charge in [0, 0.05) is 6.54 Å². The molecule has 0 aliphatic heterocycles. The number of benzene rings is 1. The van der Waals surface area contributed by atoms with Crippen molar-refractivity contribution in [2.45, 2.75) is 18.2 Å². The predicted molar refractivity (Wildman–Crippen MR) is 58.6 cm³/mol. The molecule has 0 saturated heterocycles. The van der Waals surface area contributed by atoms with Gasteiger partial charge in [-0.15, -0.1) is 0 Å². The number of aryl methyl sites for hydroxylation is 1. The molecule has 0 bridgehead atoms. The number of halogens is 1. The molecule has 0 amide bonds. The maximum atomic E-state index is 13.3. The van der Waals surface area contributed by atoms with Gasteiger partial charge in [-0.25, -0.2) is 17.5 Å². The third-order valence-electron chi connectivity index (χ3n) is 2.01. The van der Waals surface area contributed by atoms with Crippen molar-refractivity contribution in [3.63, 3.8) is 0 Å². The molecule has 5 nitrogen and oxygen atoms in total. The number of rotatable bonds is 5. The van der Waals surface area contributed by atoms with Crippen LogP contribution in [0.15, 0.2) is 23.1 Å². The summed E-state index contributed by atoms with van der Waals surface area (Å²) >= 11 is 0. The van der Waals surface area contributed by atoms with Gasteiger partial charge in [0.05, 0.1) is 6.42 Å². The number of hydrogen-bond acceptors (Lipinski definition) is 3. The highest BCUT2D eigenvalue weighted by Crippen LogP contribution is 2.15. The van der Waals surface area contributed by atoms with Crippen LogP contribution in [0.25, 0.3) is 0 Å². The summed E-state index contributed by atoms with van der Waals surface area (Å²) in [5.41, 5.74) is 0.602. The van der Waals surface area contributed by atoms with E-state index in [-0.39, 0.29) is 13.0 Å². The highest BCUT2D eigenvalue weighted by molar-refractivity contribution is 7.89. The second-order valence-corrected chi connectivity index (χ2v) is 5.21. The quantitative estimate of drug-likeness (QED) is 0.824. The minimum absolute atomic E-state index is 0.273. The average Bonchev–Trinajstić information content (AvgIpc) is 2.20. The first-order valence-electron chi connectivity index (χ1n) is 4.80. The van der Waals surface area contributed by atoms with Crippen molar-refractivity contribution in [1.29, 1.82) is 0 Å². The molecule has 17 heavy (non-hydrogen) atoms. The van der Waals surface area contributed by atoms with Gasteiger partial charge in [-0.2, -0.15) is 0 Å². The van der Waals surface area contributed by atoms with E-state index in [1.165, 1.54) is 12.1 Å². The molecule has 0 atom stereocenters. The molecule has 0 unspecified atom stereocenters. The summed E-state index contributed by atoms with van der Waals surface area (Å²) in [5.74, 6) is -1.99. The third kappa shape index (κ3) is 3.79. The van der Waals surface area contributed by atoms with E-state index >= 15 is 0 Å². The zero-order valence-electron chi connectivity index (χ0n) is 9.10. The van der Waals surface area contributed by atoms with Gasteiger partial charge in [-0.3, -0.25) is 4.79 Å². The third-order valence-corrected chi connectivity index (χ3v) is 3.48. The monoisotopic (exact) mass is 261 g/mol. The van der Waals surface area contributed by atoms with E-state index in [9.17, 15) is 17.6 Å². The Hall–Kier alpha value is -1.47. The number of nitrogens with one attached hydrogen (secondary N) is 1. The summed E-state index contributed by atoms with van der Waals surface area (Å²) in [6.45, 7) is 1.36. The SMILES string of the molecule is Cc1ccc(F)c(S(=O)(=O)NCCC(=O)O)c1. The average molecular weight is 261 g/mol. The first-order chi connectivity index (χ1) is 7.83. The van der Waals surface area contributed by atoms with E-state index in [1.54, 1.807) is 6.92 Å². The molecule has 0 saturated carbocycles. The van der Waals surface area contributed by atoms with Crippen LogP contribution in [0.4, 0.5) is 4.39 Å². The van der Waals surface area contributed by atoms with Crippen molar-refractivity contribution >= 4 is 16.0 Å². The summed E-state index contributed by atoms with van der Waals surface area (Å²) in [6.07, 6.45) is -0.354. The van der Waals surface area contributed by atoms with Gasteiger partial charge >= 0.3 is 5.97 Å². The van der Waals surface area contributed by atoms with Crippen LogP contribution in [0.1, 0.15) is 12.0 Å². The lowest BCUT2D eigenvalue weighted by Gasteiger charge is -2.07. The van der Waals surface area contributed by atoms with Crippen molar-refractivity contribution in [3.8, 4) is 0 Å². The molecule has 2 N–H and O–H groups in total. The van der Waals surface area contributed by atoms with Crippen LogP contribution in [-0.4, -0.2) is 26.0 Å². The van der Waals surface area contributed by atoms with Gasteiger partial charge < -0.3 is 5.11 Å². The first-order valence-corrected chi connectivity index (χ1v) is 6.29. The Morgan fingerprint density at radius 2 is 2.12 bits per heavy atom. The van der Waals surface area contributed by atoms with Crippen LogP contribution in [0.2, 0.25) is 0 Å². The first kappa shape index (κ1) is 13.6. The standard InChI is InChI=1S/C10H12FNO4S/c1-7-2-3-8(11)9(6-7)17(15,16)12-5-4-10(13)14/h2-3,6,12H,4-5H2,1H3,(H,13,14). The number of carboxylic acids is 1. The largest absolute Gasteiger partial charge is 0.481 e. The summed E-state index contributed by atoms with van der Waals surface area (Å²) in [7, 11) is -4.00. The molecule has 0 spiro atoms.